The summed E-state index contributed by atoms with van der Waals surface area (Å²) in [6.07, 6.45) is 0. The van der Waals surface area contributed by atoms with Crippen LogP contribution in [0, 0.1) is 0 Å². The van der Waals surface area contributed by atoms with Gasteiger partial charge in [0.05, 0.1) is 14.2 Å². The molecule has 1 aromatic carbocycles. The number of hydrogen-bond acceptors (Lipinski definition) is 5. The quantitative estimate of drug-likeness (QED) is 0.900. The molecule has 0 spiro atoms. The summed E-state index contributed by atoms with van der Waals surface area (Å²) in [6.45, 7) is 0. The molecule has 2 aromatic rings. The summed E-state index contributed by atoms with van der Waals surface area (Å²) < 4.78 is 10.3. The zero-order valence-electron chi connectivity index (χ0n) is 10.2. The predicted octanol–water partition coefficient (Wildman–Crippen LogP) is 1.92. The topological polar surface area (TPSA) is 84.4 Å². The number of aromatic nitrogens is 2. The van der Waals surface area contributed by atoms with E-state index in [1.807, 2.05) is 0 Å². The second-order valence-electron chi connectivity index (χ2n) is 3.62. The van der Waals surface area contributed by atoms with Crippen LogP contribution in [-0.4, -0.2) is 29.3 Å². The second-order valence-corrected chi connectivity index (χ2v) is 4.41. The summed E-state index contributed by atoms with van der Waals surface area (Å²) in [5.74, 6) is 0.945. The Hall–Kier alpha value is -2.02. The van der Waals surface area contributed by atoms with Gasteiger partial charge >= 0.3 is 0 Å². The van der Waals surface area contributed by atoms with Gasteiger partial charge in [0.2, 0.25) is 5.88 Å². The van der Waals surface area contributed by atoms with Crippen molar-refractivity contribution < 1.29 is 14.6 Å². The molecule has 0 unspecified atom stereocenters. The van der Waals surface area contributed by atoms with E-state index in [1.165, 1.54) is 14.2 Å². The first-order valence-electron chi connectivity index (χ1n) is 5.28. The highest BCUT2D eigenvalue weighted by Gasteiger charge is 2.11. The fraction of sp³-hybridized carbons (Fsp3) is 0.167. The van der Waals surface area contributed by atoms with Crippen molar-refractivity contribution in [3.05, 3.63) is 33.0 Å². The number of benzene rings is 1. The molecule has 0 saturated heterocycles. The second kappa shape index (κ2) is 5.31. The molecule has 0 radical (unpaired) electrons. The Balaban J connectivity index is 2.56. The average Bonchev–Trinajstić information content (AvgIpc) is 2.43. The molecule has 0 amide bonds. The van der Waals surface area contributed by atoms with Crippen molar-refractivity contribution in [2.24, 2.45) is 0 Å². The first-order valence-corrected chi connectivity index (χ1v) is 6.07. The van der Waals surface area contributed by atoms with Crippen LogP contribution in [0.2, 0.25) is 0 Å². The maximum absolute atomic E-state index is 11.6. The van der Waals surface area contributed by atoms with Gasteiger partial charge in [0.1, 0.15) is 10.3 Å². The number of nitrogens with zero attached hydrogens (tertiary/aromatic N) is 1. The van der Waals surface area contributed by atoms with Crippen molar-refractivity contribution in [2.45, 2.75) is 0 Å². The van der Waals surface area contributed by atoms with Crippen LogP contribution in [-0.2, 0) is 0 Å². The van der Waals surface area contributed by atoms with Crippen LogP contribution in [0.15, 0.2) is 27.5 Å². The smallest absolute Gasteiger partial charge is 0.269 e. The summed E-state index contributed by atoms with van der Waals surface area (Å²) in [5, 5.41) is 9.54. The van der Waals surface area contributed by atoms with Crippen molar-refractivity contribution in [1.29, 1.82) is 0 Å². The molecule has 0 bridgehead atoms. The molecule has 2 N–H and O–H groups in total. The largest absolute Gasteiger partial charge is 0.493 e. The van der Waals surface area contributed by atoms with Gasteiger partial charge in [-0.15, -0.1) is 0 Å². The highest BCUT2D eigenvalue weighted by Crippen LogP contribution is 2.31. The Labute approximate surface area is 117 Å². The Morgan fingerprint density at radius 2 is 1.95 bits per heavy atom. The Bertz CT molecular complexity index is 669. The van der Waals surface area contributed by atoms with Crippen LogP contribution in [0.1, 0.15) is 0 Å². The SMILES string of the molecule is COc1ccc(-c2nc(O)c(Br)c(=O)[nH]2)cc1OC. The van der Waals surface area contributed by atoms with E-state index in [2.05, 4.69) is 25.9 Å². The molecule has 0 aliphatic carbocycles. The molecule has 19 heavy (non-hydrogen) atoms. The van der Waals surface area contributed by atoms with Crippen LogP contribution >= 0.6 is 15.9 Å². The van der Waals surface area contributed by atoms with Crippen LogP contribution in [0.4, 0.5) is 0 Å². The molecular formula is C12H11BrN2O4. The van der Waals surface area contributed by atoms with Gasteiger partial charge in [0.15, 0.2) is 11.5 Å². The lowest BCUT2D eigenvalue weighted by atomic mass is 10.2. The van der Waals surface area contributed by atoms with Crippen LogP contribution in [0.5, 0.6) is 17.4 Å². The summed E-state index contributed by atoms with van der Waals surface area (Å²) >= 11 is 2.94. The van der Waals surface area contributed by atoms with Crippen LogP contribution < -0.4 is 15.0 Å². The normalized spacial score (nSPS) is 10.3. The summed E-state index contributed by atoms with van der Waals surface area (Å²) in [5.41, 5.74) is 0.134. The molecule has 100 valence electrons. The summed E-state index contributed by atoms with van der Waals surface area (Å²) in [6, 6.07) is 5.05. The maximum Gasteiger partial charge on any atom is 0.269 e. The van der Waals surface area contributed by atoms with Gasteiger partial charge in [-0.1, -0.05) is 0 Å². The third-order valence-corrected chi connectivity index (χ3v) is 3.22. The summed E-state index contributed by atoms with van der Waals surface area (Å²) in [4.78, 5) is 18.0. The number of methoxy groups -OCH3 is 2. The van der Waals surface area contributed by atoms with Crippen LogP contribution in [0.3, 0.4) is 0 Å². The molecule has 0 fully saturated rings. The number of rotatable bonds is 3. The van der Waals surface area contributed by atoms with Gasteiger partial charge in [-0.2, -0.15) is 4.98 Å². The highest BCUT2D eigenvalue weighted by molar-refractivity contribution is 9.10. The van der Waals surface area contributed by atoms with E-state index in [-0.39, 0.29) is 16.2 Å². The van der Waals surface area contributed by atoms with Crippen molar-refractivity contribution in [3.8, 4) is 28.8 Å². The maximum atomic E-state index is 11.6. The molecule has 0 atom stereocenters. The fourth-order valence-electron chi connectivity index (χ4n) is 1.57. The Morgan fingerprint density at radius 3 is 2.53 bits per heavy atom. The minimum Gasteiger partial charge on any atom is -0.493 e. The Morgan fingerprint density at radius 1 is 1.26 bits per heavy atom. The molecule has 6 nitrogen and oxygen atoms in total. The lowest BCUT2D eigenvalue weighted by Crippen LogP contribution is -2.09. The lowest BCUT2D eigenvalue weighted by Gasteiger charge is -2.09. The molecule has 0 aliphatic rings. The molecule has 2 rings (SSSR count). The molecular weight excluding hydrogens is 316 g/mol. The van der Waals surface area contributed by atoms with Gasteiger partial charge in [-0.05, 0) is 34.1 Å². The van der Waals surface area contributed by atoms with E-state index in [1.54, 1.807) is 18.2 Å². The lowest BCUT2D eigenvalue weighted by molar-refractivity contribution is 0.355. The van der Waals surface area contributed by atoms with Gasteiger partial charge < -0.3 is 19.6 Å². The molecule has 1 heterocycles. The standard InChI is InChI=1S/C12H11BrN2O4/c1-18-7-4-3-6(5-8(7)19-2)10-14-11(16)9(13)12(17)15-10/h3-5H,1-2H3,(H2,14,15,16,17). The van der Waals surface area contributed by atoms with Crippen molar-refractivity contribution in [1.82, 2.24) is 9.97 Å². The van der Waals surface area contributed by atoms with E-state index in [4.69, 9.17) is 9.47 Å². The molecule has 0 aliphatic heterocycles. The van der Waals surface area contributed by atoms with E-state index >= 15 is 0 Å². The molecule has 1 aromatic heterocycles. The molecule has 7 heteroatoms. The van der Waals surface area contributed by atoms with E-state index in [0.717, 1.165) is 0 Å². The van der Waals surface area contributed by atoms with E-state index in [0.29, 0.717) is 17.1 Å². The zero-order chi connectivity index (χ0) is 14.0. The van der Waals surface area contributed by atoms with E-state index in [9.17, 15) is 9.90 Å². The number of aromatic amines is 1. The number of halogens is 1. The first kappa shape index (κ1) is 13.4. The third kappa shape index (κ3) is 2.55. The number of hydrogen-bond donors (Lipinski definition) is 2. The van der Waals surface area contributed by atoms with Crippen molar-refractivity contribution in [2.75, 3.05) is 14.2 Å². The van der Waals surface area contributed by atoms with Gasteiger partial charge in [-0.25, -0.2) is 0 Å². The van der Waals surface area contributed by atoms with Crippen molar-refractivity contribution >= 4 is 15.9 Å². The first-order chi connectivity index (χ1) is 9.06. The molecule has 0 saturated carbocycles. The number of ether oxygens (including phenoxy) is 2. The van der Waals surface area contributed by atoms with Crippen LogP contribution in [0.25, 0.3) is 11.4 Å². The number of aromatic hydroxyl groups is 1. The minimum absolute atomic E-state index is 0.00303. The Kier molecular flexibility index (Phi) is 3.75. The summed E-state index contributed by atoms with van der Waals surface area (Å²) in [7, 11) is 3.04. The minimum atomic E-state index is -0.461. The number of H-pyrrole nitrogens is 1. The zero-order valence-corrected chi connectivity index (χ0v) is 11.8. The third-order valence-electron chi connectivity index (χ3n) is 2.50. The van der Waals surface area contributed by atoms with Crippen molar-refractivity contribution in [3.63, 3.8) is 0 Å². The fourth-order valence-corrected chi connectivity index (χ4v) is 1.75. The van der Waals surface area contributed by atoms with E-state index < -0.39 is 5.56 Å². The van der Waals surface area contributed by atoms with Gasteiger partial charge in [0, 0.05) is 5.56 Å². The predicted molar refractivity (Wildman–Crippen MR) is 72.8 cm³/mol. The van der Waals surface area contributed by atoms with Gasteiger partial charge in [-0.3, -0.25) is 4.79 Å². The highest BCUT2D eigenvalue weighted by atomic mass is 79.9. The monoisotopic (exact) mass is 326 g/mol. The average molecular weight is 327 g/mol. The van der Waals surface area contributed by atoms with Gasteiger partial charge in [0.25, 0.3) is 5.56 Å². The number of nitrogens with one attached hydrogen (secondary N) is 1.